The average Bonchev–Trinajstić information content (AvgIpc) is 3.30. The number of allylic oxidation sites excluding steroid dienone is 2. The molecule has 37 heavy (non-hydrogen) atoms. The number of thioether (sulfide) groups is 1. The first kappa shape index (κ1) is 26.9. The van der Waals surface area contributed by atoms with Gasteiger partial charge in [0, 0.05) is 29.2 Å². The number of hydroxylamine groups is 1. The summed E-state index contributed by atoms with van der Waals surface area (Å²) in [5, 5.41) is 14.7. The normalized spacial score (nSPS) is 15.2. The number of hydrogen-bond donors (Lipinski definition) is 5. The standard InChI is InChI=1S/C23H25N3O2S.C6H11NO/c27-22(26-28)10-8-16-3-5-18(6-4-16)15-24-12-11-17-7-9-21-20(14-17)19-2-1-13-29-23(19)25-21;1-5-6(7)3-2-4-8-5/h3-10,14,24-25,28H,1-2,11-13,15H2,(H,26,27);2-4,7H2,1H3/b10-8+;. The van der Waals surface area contributed by atoms with Crippen molar-refractivity contribution in [3.63, 3.8) is 0 Å². The van der Waals surface area contributed by atoms with Crippen LogP contribution in [0.25, 0.3) is 17.0 Å². The second-order valence-electron chi connectivity index (χ2n) is 9.28. The number of carbonyl (C=O) groups is 1. The fourth-order valence-corrected chi connectivity index (χ4v) is 5.46. The summed E-state index contributed by atoms with van der Waals surface area (Å²) < 4.78 is 5.14. The molecule has 1 aromatic heterocycles. The highest BCUT2D eigenvalue weighted by Gasteiger charge is 2.16. The summed E-state index contributed by atoms with van der Waals surface area (Å²) in [6.45, 7) is 4.48. The summed E-state index contributed by atoms with van der Waals surface area (Å²) >= 11 is 1.94. The van der Waals surface area contributed by atoms with Crippen molar-refractivity contribution >= 4 is 34.6 Å². The van der Waals surface area contributed by atoms with Crippen LogP contribution in [0.2, 0.25) is 0 Å². The maximum atomic E-state index is 11.0. The van der Waals surface area contributed by atoms with Crippen LogP contribution >= 0.6 is 11.8 Å². The van der Waals surface area contributed by atoms with Crippen LogP contribution in [0.15, 0.2) is 65.0 Å². The molecule has 0 saturated heterocycles. The van der Waals surface area contributed by atoms with Gasteiger partial charge < -0.3 is 20.8 Å². The molecule has 0 aliphatic carbocycles. The third kappa shape index (κ3) is 7.64. The number of benzene rings is 2. The minimum absolute atomic E-state index is 0.534. The van der Waals surface area contributed by atoms with E-state index in [1.54, 1.807) is 11.6 Å². The van der Waals surface area contributed by atoms with Crippen molar-refractivity contribution in [3.8, 4) is 0 Å². The lowest BCUT2D eigenvalue weighted by Gasteiger charge is -2.14. The lowest BCUT2D eigenvalue weighted by molar-refractivity contribution is -0.124. The Morgan fingerprint density at radius 2 is 1.97 bits per heavy atom. The van der Waals surface area contributed by atoms with Crippen LogP contribution in [0, 0.1) is 0 Å². The van der Waals surface area contributed by atoms with Gasteiger partial charge in [-0.3, -0.25) is 10.0 Å². The Labute approximate surface area is 222 Å². The molecule has 2 aliphatic rings. The van der Waals surface area contributed by atoms with Gasteiger partial charge in [-0.25, -0.2) is 5.48 Å². The van der Waals surface area contributed by atoms with Crippen molar-refractivity contribution in [2.75, 3.05) is 18.9 Å². The monoisotopic (exact) mass is 520 g/mol. The number of aromatic amines is 1. The molecule has 0 unspecified atom stereocenters. The molecule has 0 fully saturated rings. The Morgan fingerprint density at radius 3 is 2.70 bits per heavy atom. The van der Waals surface area contributed by atoms with E-state index in [2.05, 4.69) is 28.5 Å². The first-order valence-corrected chi connectivity index (χ1v) is 13.8. The molecule has 0 radical (unpaired) electrons. The molecule has 3 heterocycles. The van der Waals surface area contributed by atoms with Crippen LogP contribution < -0.4 is 16.5 Å². The number of aryl methyl sites for hydroxylation is 1. The summed E-state index contributed by atoms with van der Waals surface area (Å²) in [4.78, 5) is 14.6. The van der Waals surface area contributed by atoms with Gasteiger partial charge in [0.1, 0.15) is 5.76 Å². The topological polar surface area (TPSA) is 112 Å². The molecule has 196 valence electrons. The van der Waals surface area contributed by atoms with E-state index in [0.717, 1.165) is 56.0 Å². The fraction of sp³-hybridized carbons (Fsp3) is 0.345. The third-order valence-electron chi connectivity index (χ3n) is 6.55. The number of nitrogens with two attached hydrogens (primary N) is 1. The molecule has 1 amide bonds. The zero-order chi connectivity index (χ0) is 26.0. The van der Waals surface area contributed by atoms with Crippen LogP contribution in [0.3, 0.4) is 0 Å². The summed E-state index contributed by atoms with van der Waals surface area (Å²) in [6.07, 6.45) is 8.48. The molecule has 3 aromatic rings. The van der Waals surface area contributed by atoms with Crippen molar-refractivity contribution in [2.45, 2.75) is 50.6 Å². The lowest BCUT2D eigenvalue weighted by Crippen LogP contribution is -2.16. The molecule has 0 atom stereocenters. The lowest BCUT2D eigenvalue weighted by atomic mass is 10.0. The molecule has 8 heteroatoms. The van der Waals surface area contributed by atoms with E-state index in [1.807, 2.05) is 43.0 Å². The smallest absolute Gasteiger partial charge is 0.267 e. The quantitative estimate of drug-likeness (QED) is 0.129. The van der Waals surface area contributed by atoms with E-state index in [1.165, 1.54) is 57.3 Å². The molecular weight excluding hydrogens is 484 g/mol. The van der Waals surface area contributed by atoms with Crippen molar-refractivity contribution in [1.82, 2.24) is 15.8 Å². The van der Waals surface area contributed by atoms with Gasteiger partial charge in [-0.15, -0.1) is 11.8 Å². The van der Waals surface area contributed by atoms with Crippen molar-refractivity contribution in [3.05, 3.63) is 82.3 Å². The van der Waals surface area contributed by atoms with Crippen molar-refractivity contribution in [1.29, 1.82) is 0 Å². The Bertz CT molecular complexity index is 1250. The van der Waals surface area contributed by atoms with E-state index in [4.69, 9.17) is 15.7 Å². The highest BCUT2D eigenvalue weighted by atomic mass is 32.2. The van der Waals surface area contributed by atoms with Gasteiger partial charge in [-0.2, -0.15) is 0 Å². The summed E-state index contributed by atoms with van der Waals surface area (Å²) in [5.74, 6) is 1.59. The highest BCUT2D eigenvalue weighted by molar-refractivity contribution is 7.99. The Kier molecular flexibility index (Phi) is 9.71. The van der Waals surface area contributed by atoms with Gasteiger partial charge in [-0.1, -0.05) is 30.3 Å². The van der Waals surface area contributed by atoms with E-state index in [0.29, 0.717) is 0 Å². The maximum absolute atomic E-state index is 11.0. The molecule has 0 spiro atoms. The number of aromatic nitrogens is 1. The highest BCUT2D eigenvalue weighted by Crippen LogP contribution is 2.35. The van der Waals surface area contributed by atoms with E-state index in [-0.39, 0.29) is 0 Å². The van der Waals surface area contributed by atoms with Gasteiger partial charge >= 0.3 is 0 Å². The Balaban J connectivity index is 0.000000342. The van der Waals surface area contributed by atoms with Gasteiger partial charge in [0.05, 0.1) is 11.6 Å². The third-order valence-corrected chi connectivity index (χ3v) is 7.68. The van der Waals surface area contributed by atoms with E-state index >= 15 is 0 Å². The largest absolute Gasteiger partial charge is 0.496 e. The van der Waals surface area contributed by atoms with Crippen LogP contribution in [-0.2, 0) is 28.9 Å². The van der Waals surface area contributed by atoms with Gasteiger partial charge in [-0.05, 0) is 91.8 Å². The zero-order valence-electron chi connectivity index (χ0n) is 21.3. The minimum Gasteiger partial charge on any atom is -0.496 e. The number of amides is 1. The molecular formula is C29H36N4O3S. The summed E-state index contributed by atoms with van der Waals surface area (Å²) in [6, 6.07) is 14.8. The average molecular weight is 521 g/mol. The molecule has 6 N–H and O–H groups in total. The van der Waals surface area contributed by atoms with Gasteiger partial charge in [0.25, 0.3) is 5.91 Å². The van der Waals surface area contributed by atoms with E-state index < -0.39 is 5.91 Å². The second kappa shape index (κ2) is 13.4. The summed E-state index contributed by atoms with van der Waals surface area (Å²) in [5.41, 5.74) is 14.3. The van der Waals surface area contributed by atoms with Gasteiger partial charge in [0.15, 0.2) is 0 Å². The molecule has 7 nitrogen and oxygen atoms in total. The van der Waals surface area contributed by atoms with Crippen LogP contribution in [0.5, 0.6) is 0 Å². The SMILES string of the molecule is CC1=C(N)CCCO1.O=C(/C=C/c1ccc(CNCCc2ccc3[nH]c4c(c3c2)CCCS4)cc1)NO. The fourth-order valence-electron chi connectivity index (χ4n) is 4.40. The second-order valence-corrected chi connectivity index (χ2v) is 10.4. The van der Waals surface area contributed by atoms with Crippen LogP contribution in [-0.4, -0.2) is 35.0 Å². The van der Waals surface area contributed by atoms with Crippen LogP contribution in [0.1, 0.15) is 48.4 Å². The first-order chi connectivity index (χ1) is 18.0. The first-order valence-electron chi connectivity index (χ1n) is 12.8. The molecule has 2 aromatic carbocycles. The van der Waals surface area contributed by atoms with Crippen molar-refractivity contribution in [2.24, 2.45) is 5.73 Å². The van der Waals surface area contributed by atoms with E-state index in [9.17, 15) is 4.79 Å². The number of ether oxygens (including phenoxy) is 1. The minimum atomic E-state index is -0.534. The number of nitrogens with one attached hydrogen (secondary N) is 3. The number of rotatable bonds is 7. The number of carbonyl (C=O) groups excluding carboxylic acids is 1. The summed E-state index contributed by atoms with van der Waals surface area (Å²) in [7, 11) is 0. The Morgan fingerprint density at radius 1 is 1.16 bits per heavy atom. The van der Waals surface area contributed by atoms with Gasteiger partial charge in [0.2, 0.25) is 0 Å². The molecule has 0 saturated carbocycles. The molecule has 0 bridgehead atoms. The molecule has 2 aliphatic heterocycles. The number of hydrogen-bond acceptors (Lipinski definition) is 6. The Hall–Kier alpha value is -3.20. The predicted octanol–water partition coefficient (Wildman–Crippen LogP) is 5.04. The predicted molar refractivity (Wildman–Crippen MR) is 150 cm³/mol. The van der Waals surface area contributed by atoms with Crippen LogP contribution in [0.4, 0.5) is 0 Å². The molecule has 5 rings (SSSR count). The van der Waals surface area contributed by atoms with Crippen molar-refractivity contribution < 1.29 is 14.7 Å². The number of fused-ring (bicyclic) bond motifs is 3. The number of H-pyrrole nitrogens is 1. The zero-order valence-corrected chi connectivity index (χ0v) is 22.1. The maximum Gasteiger partial charge on any atom is 0.267 e.